The second-order valence-electron chi connectivity index (χ2n) is 8.73. The van der Waals surface area contributed by atoms with E-state index in [-0.39, 0.29) is 11.8 Å². The number of hydrogen-bond donors (Lipinski definition) is 1. The summed E-state index contributed by atoms with van der Waals surface area (Å²) in [5.74, 6) is 0.702. The molecule has 6 nitrogen and oxygen atoms in total. The quantitative estimate of drug-likeness (QED) is 0.763. The highest BCUT2D eigenvalue weighted by Crippen LogP contribution is 2.37. The summed E-state index contributed by atoms with van der Waals surface area (Å²) in [5, 5.41) is 1.41. The molecule has 1 aromatic heterocycles. The molecule has 4 heterocycles. The van der Waals surface area contributed by atoms with E-state index in [1.54, 1.807) is 0 Å². The number of nitrogens with one attached hydrogen (secondary N) is 1. The van der Waals surface area contributed by atoms with Crippen molar-refractivity contribution in [2.45, 2.75) is 18.9 Å². The fourth-order valence-electron chi connectivity index (χ4n) is 5.28. The van der Waals surface area contributed by atoms with E-state index in [2.05, 4.69) is 44.2 Å². The molecule has 1 N–H and O–H groups in total. The van der Waals surface area contributed by atoms with Gasteiger partial charge in [0.05, 0.1) is 12.3 Å². The van der Waals surface area contributed by atoms with Crippen LogP contribution in [-0.4, -0.2) is 60.3 Å². The number of carbonyl (C=O) groups is 1. The van der Waals surface area contributed by atoms with Crippen molar-refractivity contribution in [3.8, 4) is 0 Å². The van der Waals surface area contributed by atoms with E-state index in [4.69, 9.17) is 4.74 Å². The van der Waals surface area contributed by atoms with E-state index in [0.29, 0.717) is 12.6 Å². The maximum atomic E-state index is 11.5. The minimum absolute atomic E-state index is 0.100. The fourth-order valence-corrected chi connectivity index (χ4v) is 5.28. The number of allylic oxidation sites excluding steroid dienone is 4. The van der Waals surface area contributed by atoms with Gasteiger partial charge in [-0.3, -0.25) is 9.69 Å². The third-order valence-corrected chi connectivity index (χ3v) is 6.77. The number of anilines is 1. The molecule has 2 atom stereocenters. The molecule has 1 amide bonds. The van der Waals surface area contributed by atoms with Crippen LogP contribution < -0.4 is 4.90 Å². The molecule has 1 aromatic carbocycles. The maximum Gasteiger partial charge on any atom is 0.269 e. The smallest absolute Gasteiger partial charge is 0.269 e. The molecule has 0 bridgehead atoms. The number of amides is 1. The Hall–Kier alpha value is -3.12. The molecular weight excluding hydrogens is 388 g/mol. The van der Waals surface area contributed by atoms with Crippen LogP contribution in [0.2, 0.25) is 0 Å². The molecule has 1 aliphatic carbocycles. The van der Waals surface area contributed by atoms with Crippen molar-refractivity contribution in [1.82, 2.24) is 9.88 Å². The number of fused-ring (bicyclic) bond motifs is 3. The summed E-state index contributed by atoms with van der Waals surface area (Å²) in [4.78, 5) is 24.2. The number of hydrogen-bond acceptors (Lipinski definition) is 4. The van der Waals surface area contributed by atoms with Gasteiger partial charge in [0.1, 0.15) is 5.76 Å². The van der Waals surface area contributed by atoms with Crippen molar-refractivity contribution >= 4 is 28.2 Å². The Labute approximate surface area is 181 Å². The average Bonchev–Trinajstić information content (AvgIpc) is 3.20. The highest BCUT2D eigenvalue weighted by molar-refractivity contribution is 6.11. The normalized spacial score (nSPS) is 24.6. The van der Waals surface area contributed by atoms with E-state index in [0.717, 1.165) is 50.5 Å². The molecule has 1 saturated heterocycles. The van der Waals surface area contributed by atoms with Crippen molar-refractivity contribution in [2.24, 2.45) is 10.9 Å². The lowest BCUT2D eigenvalue weighted by atomic mass is 9.94. The standard InChI is InChI=1S/C25H26N4O2/c30-24-8-6-17-5-7-20(14-22(17)27-24)31-12-2-9-28-10-11-29-19(16-28)13-18-15-26-21-3-1-4-23(29)25(18)21/h1,3-8,14-15,17,19,26H,2,9-13,16H2. The van der Waals surface area contributed by atoms with Crippen LogP contribution in [0, 0.1) is 5.92 Å². The lowest BCUT2D eigenvalue weighted by Crippen LogP contribution is -2.55. The first kappa shape index (κ1) is 18.6. The number of rotatable bonds is 5. The molecule has 6 rings (SSSR count). The van der Waals surface area contributed by atoms with Gasteiger partial charge in [0.25, 0.3) is 5.91 Å². The number of dihydropyridines is 1. The highest BCUT2D eigenvalue weighted by atomic mass is 16.5. The Morgan fingerprint density at radius 1 is 1.19 bits per heavy atom. The molecular formula is C25H26N4O2. The first-order chi connectivity index (χ1) is 15.2. The molecule has 0 radical (unpaired) electrons. The van der Waals surface area contributed by atoms with E-state index in [1.807, 2.05) is 24.3 Å². The zero-order valence-corrected chi connectivity index (χ0v) is 17.5. The van der Waals surface area contributed by atoms with Gasteiger partial charge in [-0.25, -0.2) is 4.99 Å². The van der Waals surface area contributed by atoms with Gasteiger partial charge in [0.2, 0.25) is 0 Å². The van der Waals surface area contributed by atoms with Crippen molar-refractivity contribution in [1.29, 1.82) is 0 Å². The Balaban J connectivity index is 1.02. The third-order valence-electron chi connectivity index (χ3n) is 6.77. The summed E-state index contributed by atoms with van der Waals surface area (Å²) >= 11 is 0. The number of benzene rings is 1. The predicted octanol–water partition coefficient (Wildman–Crippen LogP) is 3.23. The molecule has 3 aliphatic heterocycles. The van der Waals surface area contributed by atoms with Crippen LogP contribution in [0.3, 0.4) is 0 Å². The number of aliphatic imine (C=N–C) groups is 1. The van der Waals surface area contributed by atoms with Crippen LogP contribution >= 0.6 is 0 Å². The van der Waals surface area contributed by atoms with Crippen molar-refractivity contribution in [2.75, 3.05) is 37.7 Å². The molecule has 31 heavy (non-hydrogen) atoms. The minimum atomic E-state index is -0.193. The van der Waals surface area contributed by atoms with Crippen LogP contribution in [0.25, 0.3) is 10.9 Å². The number of carbonyl (C=O) groups excluding carboxylic acids is 1. The van der Waals surface area contributed by atoms with Crippen LogP contribution in [0.1, 0.15) is 12.0 Å². The summed E-state index contributed by atoms with van der Waals surface area (Å²) in [6.45, 7) is 4.96. The average molecular weight is 415 g/mol. The molecule has 0 spiro atoms. The Morgan fingerprint density at radius 2 is 2.13 bits per heavy atom. The SMILES string of the molecule is O=C1C=CC2C=CC(OCCCN3CCN4c5cccc6[nH]cc(c56)CC4C3)=CC2=N1. The summed E-state index contributed by atoms with van der Waals surface area (Å²) < 4.78 is 5.96. The van der Waals surface area contributed by atoms with Crippen molar-refractivity contribution < 1.29 is 9.53 Å². The number of nitrogens with zero attached hydrogens (tertiary/aromatic N) is 3. The van der Waals surface area contributed by atoms with Gasteiger partial charge < -0.3 is 14.6 Å². The second-order valence-corrected chi connectivity index (χ2v) is 8.73. The third kappa shape index (κ3) is 3.41. The Bertz CT molecular complexity index is 1160. The Morgan fingerprint density at radius 3 is 3.10 bits per heavy atom. The van der Waals surface area contributed by atoms with Gasteiger partial charge >= 0.3 is 0 Å². The summed E-state index contributed by atoms with van der Waals surface area (Å²) in [6, 6.07) is 7.14. The van der Waals surface area contributed by atoms with Crippen molar-refractivity contribution in [3.63, 3.8) is 0 Å². The first-order valence-corrected chi connectivity index (χ1v) is 11.2. The van der Waals surface area contributed by atoms with E-state index in [9.17, 15) is 4.79 Å². The van der Waals surface area contributed by atoms with Gasteiger partial charge in [-0.15, -0.1) is 0 Å². The molecule has 1 fully saturated rings. The monoisotopic (exact) mass is 414 g/mol. The molecule has 2 aromatic rings. The lowest BCUT2D eigenvalue weighted by molar-refractivity contribution is -0.113. The number of H-pyrrole nitrogens is 1. The second kappa shape index (κ2) is 7.54. The highest BCUT2D eigenvalue weighted by Gasteiger charge is 2.32. The molecule has 158 valence electrons. The zero-order chi connectivity index (χ0) is 20.8. The predicted molar refractivity (Wildman–Crippen MR) is 122 cm³/mol. The molecule has 4 aliphatic rings. The van der Waals surface area contributed by atoms with Crippen LogP contribution in [0.5, 0.6) is 0 Å². The topological polar surface area (TPSA) is 60.9 Å². The van der Waals surface area contributed by atoms with Crippen LogP contribution in [-0.2, 0) is 16.0 Å². The number of aromatic nitrogens is 1. The summed E-state index contributed by atoms with van der Waals surface area (Å²) in [6.07, 6.45) is 13.6. The van der Waals surface area contributed by atoms with Crippen LogP contribution in [0.15, 0.2) is 65.5 Å². The largest absolute Gasteiger partial charge is 0.493 e. The van der Waals surface area contributed by atoms with Gasteiger partial charge in [0, 0.05) is 73.1 Å². The summed E-state index contributed by atoms with van der Waals surface area (Å²) in [5.41, 5.74) is 4.87. The van der Waals surface area contributed by atoms with E-state index >= 15 is 0 Å². The summed E-state index contributed by atoms with van der Waals surface area (Å²) in [7, 11) is 0. The molecule has 2 unspecified atom stereocenters. The molecule has 6 heteroatoms. The van der Waals surface area contributed by atoms with Gasteiger partial charge in [-0.05, 0) is 36.6 Å². The number of ether oxygens (including phenoxy) is 1. The minimum Gasteiger partial charge on any atom is -0.493 e. The van der Waals surface area contributed by atoms with E-state index in [1.165, 1.54) is 28.2 Å². The van der Waals surface area contributed by atoms with Crippen molar-refractivity contribution in [3.05, 3.63) is 66.1 Å². The number of aromatic amines is 1. The Kier molecular flexibility index (Phi) is 4.53. The van der Waals surface area contributed by atoms with Gasteiger partial charge in [-0.1, -0.05) is 18.2 Å². The fraction of sp³-hybridized carbons (Fsp3) is 0.360. The number of piperazine rings is 1. The molecule has 0 saturated carbocycles. The maximum absolute atomic E-state index is 11.5. The van der Waals surface area contributed by atoms with E-state index < -0.39 is 0 Å². The zero-order valence-electron chi connectivity index (χ0n) is 17.5. The first-order valence-electron chi connectivity index (χ1n) is 11.2. The van der Waals surface area contributed by atoms with Gasteiger partial charge in [-0.2, -0.15) is 0 Å². The van der Waals surface area contributed by atoms with Crippen LogP contribution in [0.4, 0.5) is 5.69 Å². The van der Waals surface area contributed by atoms with Gasteiger partial charge in [0.15, 0.2) is 0 Å². The lowest BCUT2D eigenvalue weighted by Gasteiger charge is -2.45.